The smallest absolute Gasteiger partial charge is 0.272 e. The molecule has 1 aliphatic heterocycles. The Morgan fingerprint density at radius 1 is 1.19 bits per heavy atom. The second kappa shape index (κ2) is 9.03. The molecule has 3 heterocycles. The molecular weight excluding hydrogens is 398 g/mol. The molecule has 2 aromatic heterocycles. The number of carbonyl (C=O) groups is 1. The summed E-state index contributed by atoms with van der Waals surface area (Å²) in [7, 11) is 3.19. The van der Waals surface area contributed by atoms with Gasteiger partial charge >= 0.3 is 0 Å². The number of benzene rings is 1. The number of carbonyl (C=O) groups excluding carboxylic acids is 1. The van der Waals surface area contributed by atoms with E-state index in [-0.39, 0.29) is 12.0 Å². The minimum Gasteiger partial charge on any atom is -0.497 e. The second-order valence-corrected chi connectivity index (χ2v) is 7.31. The zero-order valence-corrected chi connectivity index (χ0v) is 17.8. The molecule has 1 aromatic carbocycles. The summed E-state index contributed by atoms with van der Waals surface area (Å²) in [5.74, 6) is 2.40. The third-order valence-electron chi connectivity index (χ3n) is 5.19. The number of ether oxygens (including phenoxy) is 3. The molecule has 4 rings (SSSR count). The van der Waals surface area contributed by atoms with Crippen molar-refractivity contribution >= 4 is 5.91 Å². The Kier molecular flexibility index (Phi) is 6.01. The molecule has 1 aliphatic rings. The van der Waals surface area contributed by atoms with Crippen molar-refractivity contribution in [3.8, 4) is 28.6 Å². The largest absolute Gasteiger partial charge is 0.497 e. The number of aryl methyl sites for hydroxylation is 1. The molecule has 0 aliphatic carbocycles. The second-order valence-electron chi connectivity index (χ2n) is 7.31. The van der Waals surface area contributed by atoms with Gasteiger partial charge in [-0.3, -0.25) is 9.89 Å². The highest BCUT2D eigenvalue weighted by atomic mass is 16.5. The van der Waals surface area contributed by atoms with E-state index in [0.717, 1.165) is 18.4 Å². The SMILES string of the molecule is COc1ccc(OC)c(-c2cc(C(=O)N3CCCC(Oc4ccnc(C)n4)C3)[nH]n2)c1. The summed E-state index contributed by atoms with van der Waals surface area (Å²) in [5, 5.41) is 7.19. The van der Waals surface area contributed by atoms with E-state index < -0.39 is 0 Å². The maximum atomic E-state index is 13.1. The first-order valence-electron chi connectivity index (χ1n) is 10.1. The molecule has 0 spiro atoms. The standard InChI is InChI=1S/C22H25N5O4/c1-14-23-9-8-21(24-14)31-16-5-4-10-27(13-16)22(28)19-12-18(25-26-19)17-11-15(29-2)6-7-20(17)30-3/h6-9,11-12,16H,4-5,10,13H2,1-3H3,(H,25,26). The molecule has 0 bridgehead atoms. The van der Waals surface area contributed by atoms with Crippen LogP contribution >= 0.6 is 0 Å². The Balaban J connectivity index is 1.48. The van der Waals surface area contributed by atoms with Gasteiger partial charge in [-0.1, -0.05) is 0 Å². The third kappa shape index (κ3) is 4.60. The van der Waals surface area contributed by atoms with Gasteiger partial charge in [0.25, 0.3) is 5.91 Å². The first-order valence-corrected chi connectivity index (χ1v) is 10.1. The van der Waals surface area contributed by atoms with E-state index in [0.29, 0.717) is 47.7 Å². The zero-order chi connectivity index (χ0) is 21.8. The van der Waals surface area contributed by atoms with Crippen LogP contribution in [0.4, 0.5) is 0 Å². The van der Waals surface area contributed by atoms with Gasteiger partial charge in [0.2, 0.25) is 5.88 Å². The Morgan fingerprint density at radius 3 is 2.84 bits per heavy atom. The average molecular weight is 423 g/mol. The molecule has 0 radical (unpaired) electrons. The maximum Gasteiger partial charge on any atom is 0.272 e. The van der Waals surface area contributed by atoms with Gasteiger partial charge in [0.1, 0.15) is 29.1 Å². The van der Waals surface area contributed by atoms with Crippen LogP contribution in [0.1, 0.15) is 29.2 Å². The number of rotatable bonds is 6. The Hall–Kier alpha value is -3.62. The molecule has 162 valence electrons. The number of aromatic nitrogens is 4. The van der Waals surface area contributed by atoms with Crippen LogP contribution in [0.25, 0.3) is 11.3 Å². The highest BCUT2D eigenvalue weighted by Gasteiger charge is 2.27. The molecule has 9 heteroatoms. The summed E-state index contributed by atoms with van der Waals surface area (Å²) >= 11 is 0. The molecule has 31 heavy (non-hydrogen) atoms. The third-order valence-corrected chi connectivity index (χ3v) is 5.19. The Bertz CT molecular complexity index is 1070. The molecule has 9 nitrogen and oxygen atoms in total. The van der Waals surface area contributed by atoms with Gasteiger partial charge in [-0.2, -0.15) is 10.1 Å². The van der Waals surface area contributed by atoms with E-state index in [1.54, 1.807) is 37.4 Å². The number of hydrogen-bond donors (Lipinski definition) is 1. The summed E-state index contributed by atoms with van der Waals surface area (Å²) in [4.78, 5) is 23.2. The van der Waals surface area contributed by atoms with Crippen molar-refractivity contribution in [3.05, 3.63) is 48.0 Å². The van der Waals surface area contributed by atoms with E-state index in [1.807, 2.05) is 25.1 Å². The molecule has 1 atom stereocenters. The Labute approximate surface area is 180 Å². The van der Waals surface area contributed by atoms with E-state index >= 15 is 0 Å². The van der Waals surface area contributed by atoms with Crippen molar-refractivity contribution in [3.63, 3.8) is 0 Å². The van der Waals surface area contributed by atoms with E-state index in [2.05, 4.69) is 20.2 Å². The lowest BCUT2D eigenvalue weighted by Gasteiger charge is -2.32. The van der Waals surface area contributed by atoms with E-state index in [1.165, 1.54) is 0 Å². The van der Waals surface area contributed by atoms with Crippen LogP contribution < -0.4 is 14.2 Å². The lowest BCUT2D eigenvalue weighted by atomic mass is 10.1. The summed E-state index contributed by atoms with van der Waals surface area (Å²) < 4.78 is 16.7. The number of nitrogens with one attached hydrogen (secondary N) is 1. The molecular formula is C22H25N5O4. The number of methoxy groups -OCH3 is 2. The summed E-state index contributed by atoms with van der Waals surface area (Å²) in [6, 6.07) is 8.92. The van der Waals surface area contributed by atoms with Gasteiger partial charge in [-0.25, -0.2) is 4.98 Å². The van der Waals surface area contributed by atoms with Crippen LogP contribution in [-0.2, 0) is 0 Å². The highest BCUT2D eigenvalue weighted by molar-refractivity contribution is 5.93. The average Bonchev–Trinajstić information content (AvgIpc) is 3.28. The number of nitrogens with zero attached hydrogens (tertiary/aromatic N) is 4. The highest BCUT2D eigenvalue weighted by Crippen LogP contribution is 2.32. The van der Waals surface area contributed by atoms with Crippen molar-refractivity contribution in [2.24, 2.45) is 0 Å². The normalized spacial score (nSPS) is 16.1. The van der Waals surface area contributed by atoms with Crippen LogP contribution in [0.3, 0.4) is 0 Å². The number of aromatic amines is 1. The number of piperidine rings is 1. The van der Waals surface area contributed by atoms with E-state index in [9.17, 15) is 4.79 Å². The number of hydrogen-bond acceptors (Lipinski definition) is 7. The fourth-order valence-corrected chi connectivity index (χ4v) is 3.64. The van der Waals surface area contributed by atoms with Crippen LogP contribution in [-0.4, -0.2) is 64.4 Å². The monoisotopic (exact) mass is 423 g/mol. The van der Waals surface area contributed by atoms with Gasteiger partial charge in [-0.15, -0.1) is 0 Å². The van der Waals surface area contributed by atoms with Gasteiger partial charge in [-0.05, 0) is 44.0 Å². The molecule has 1 unspecified atom stereocenters. The van der Waals surface area contributed by atoms with Crippen LogP contribution in [0.2, 0.25) is 0 Å². The molecule has 1 N–H and O–H groups in total. The first-order chi connectivity index (χ1) is 15.1. The lowest BCUT2D eigenvalue weighted by Crippen LogP contribution is -2.44. The first kappa shape index (κ1) is 20.6. The number of likely N-dealkylation sites (tertiary alicyclic amines) is 1. The minimum absolute atomic E-state index is 0.118. The topological polar surface area (TPSA) is 102 Å². The fourth-order valence-electron chi connectivity index (χ4n) is 3.64. The molecule has 1 saturated heterocycles. The van der Waals surface area contributed by atoms with Gasteiger partial charge in [0.05, 0.1) is 26.5 Å². The van der Waals surface area contributed by atoms with Crippen molar-refractivity contribution in [1.82, 2.24) is 25.1 Å². The predicted molar refractivity (Wildman–Crippen MR) is 113 cm³/mol. The molecule has 3 aromatic rings. The van der Waals surface area contributed by atoms with Crippen molar-refractivity contribution in [2.45, 2.75) is 25.9 Å². The lowest BCUT2D eigenvalue weighted by molar-refractivity contribution is 0.0522. The number of H-pyrrole nitrogens is 1. The van der Waals surface area contributed by atoms with E-state index in [4.69, 9.17) is 14.2 Å². The van der Waals surface area contributed by atoms with Gasteiger partial charge in [0, 0.05) is 24.4 Å². The maximum absolute atomic E-state index is 13.1. The van der Waals surface area contributed by atoms with Crippen molar-refractivity contribution < 1.29 is 19.0 Å². The fraction of sp³-hybridized carbons (Fsp3) is 0.364. The number of amides is 1. The van der Waals surface area contributed by atoms with Crippen LogP contribution in [0.15, 0.2) is 36.5 Å². The molecule has 0 saturated carbocycles. The molecule has 1 fully saturated rings. The Morgan fingerprint density at radius 2 is 2.06 bits per heavy atom. The van der Waals surface area contributed by atoms with Crippen LogP contribution in [0.5, 0.6) is 17.4 Å². The summed E-state index contributed by atoms with van der Waals surface area (Å²) in [5.41, 5.74) is 1.77. The zero-order valence-electron chi connectivity index (χ0n) is 17.8. The molecule has 1 amide bonds. The van der Waals surface area contributed by atoms with Crippen molar-refractivity contribution in [1.29, 1.82) is 0 Å². The summed E-state index contributed by atoms with van der Waals surface area (Å²) in [6.45, 7) is 2.97. The van der Waals surface area contributed by atoms with Crippen molar-refractivity contribution in [2.75, 3.05) is 27.3 Å². The predicted octanol–water partition coefficient (Wildman–Crippen LogP) is 2.88. The van der Waals surface area contributed by atoms with Gasteiger partial charge in [0.15, 0.2) is 0 Å². The quantitative estimate of drug-likeness (QED) is 0.650. The summed E-state index contributed by atoms with van der Waals surface area (Å²) in [6.07, 6.45) is 3.27. The minimum atomic E-state index is -0.118. The van der Waals surface area contributed by atoms with Crippen LogP contribution in [0, 0.1) is 6.92 Å². The van der Waals surface area contributed by atoms with Gasteiger partial charge < -0.3 is 19.1 Å².